The van der Waals surface area contributed by atoms with E-state index in [0.717, 1.165) is 5.56 Å². The lowest BCUT2D eigenvalue weighted by Crippen LogP contribution is -2.28. The molecule has 21 heavy (non-hydrogen) atoms. The van der Waals surface area contributed by atoms with Crippen molar-refractivity contribution in [2.24, 2.45) is 10.7 Å². The Morgan fingerprint density at radius 1 is 1.29 bits per heavy atom. The molecule has 0 aliphatic carbocycles. The summed E-state index contributed by atoms with van der Waals surface area (Å²) in [7, 11) is 0. The molecule has 0 spiro atoms. The average Bonchev–Trinajstić information content (AvgIpc) is 2.36. The highest BCUT2D eigenvalue weighted by atomic mass is 32.2. The summed E-state index contributed by atoms with van der Waals surface area (Å²) in [5.74, 6) is -0.336. The van der Waals surface area contributed by atoms with Crippen molar-refractivity contribution >= 4 is 22.9 Å². The number of benzene rings is 1. The fourth-order valence-electron chi connectivity index (χ4n) is 2.07. The maximum atomic E-state index is 12.5. The molecule has 1 aromatic rings. The topological polar surface area (TPSA) is 64.7 Å². The molecule has 1 heterocycles. The molecule has 5 heteroatoms. The van der Waals surface area contributed by atoms with E-state index in [9.17, 15) is 4.79 Å². The molecule has 2 N–H and O–H groups in total. The van der Waals surface area contributed by atoms with Crippen LogP contribution >= 0.6 is 11.8 Å². The molecular weight excluding hydrogens is 284 g/mol. The van der Waals surface area contributed by atoms with Gasteiger partial charge in [-0.3, -0.25) is 0 Å². The number of rotatable bonds is 2. The van der Waals surface area contributed by atoms with Gasteiger partial charge < -0.3 is 10.5 Å². The molecule has 2 rings (SSSR count). The van der Waals surface area contributed by atoms with E-state index in [1.165, 1.54) is 11.8 Å². The molecule has 4 nitrogen and oxygen atoms in total. The summed E-state index contributed by atoms with van der Waals surface area (Å²) in [6.45, 7) is 7.35. The van der Waals surface area contributed by atoms with Gasteiger partial charge in [0.05, 0.1) is 16.5 Å². The van der Waals surface area contributed by atoms with Crippen LogP contribution < -0.4 is 5.73 Å². The minimum Gasteiger partial charge on any atom is -0.457 e. The van der Waals surface area contributed by atoms with Crippen LogP contribution in [0.25, 0.3) is 0 Å². The molecule has 0 amide bonds. The molecule has 0 fully saturated rings. The van der Waals surface area contributed by atoms with Crippen LogP contribution in [0, 0.1) is 0 Å². The Labute approximate surface area is 129 Å². The lowest BCUT2D eigenvalue weighted by Gasteiger charge is -2.27. The first kappa shape index (κ1) is 15.6. The van der Waals surface area contributed by atoms with E-state index in [4.69, 9.17) is 10.5 Å². The predicted molar refractivity (Wildman–Crippen MR) is 86.9 cm³/mol. The van der Waals surface area contributed by atoms with E-state index in [1.807, 2.05) is 51.1 Å². The summed E-state index contributed by atoms with van der Waals surface area (Å²) in [5, 5.41) is 0.284. The van der Waals surface area contributed by atoms with Gasteiger partial charge in [0.25, 0.3) is 0 Å². The number of hydrogen-bond donors (Lipinski definition) is 1. The number of carbonyl (C=O) groups excluding carboxylic acids is 1. The monoisotopic (exact) mass is 304 g/mol. The van der Waals surface area contributed by atoms with E-state index in [2.05, 4.69) is 4.99 Å². The van der Waals surface area contributed by atoms with Crippen LogP contribution in [-0.2, 0) is 9.53 Å². The Hall–Kier alpha value is -1.75. The number of amidine groups is 1. The number of esters is 1. The van der Waals surface area contributed by atoms with Gasteiger partial charge >= 0.3 is 5.97 Å². The summed E-state index contributed by atoms with van der Waals surface area (Å²) in [6, 6.07) is 9.79. The van der Waals surface area contributed by atoms with Crippen molar-refractivity contribution in [3.8, 4) is 0 Å². The quantitative estimate of drug-likeness (QED) is 0.850. The van der Waals surface area contributed by atoms with Crippen molar-refractivity contribution < 1.29 is 9.53 Å². The Balaban J connectivity index is 2.41. The van der Waals surface area contributed by atoms with Crippen LogP contribution in [0.2, 0.25) is 0 Å². The van der Waals surface area contributed by atoms with Crippen molar-refractivity contribution in [1.82, 2.24) is 0 Å². The third-order valence-corrected chi connectivity index (χ3v) is 3.97. The van der Waals surface area contributed by atoms with Crippen LogP contribution in [0.5, 0.6) is 0 Å². The largest absolute Gasteiger partial charge is 0.457 e. The van der Waals surface area contributed by atoms with Crippen molar-refractivity contribution in [3.05, 3.63) is 47.2 Å². The van der Waals surface area contributed by atoms with E-state index in [0.29, 0.717) is 16.4 Å². The number of hydrogen-bond acceptors (Lipinski definition) is 5. The van der Waals surface area contributed by atoms with Gasteiger partial charge in [-0.05, 0) is 33.3 Å². The van der Waals surface area contributed by atoms with E-state index in [1.54, 1.807) is 6.92 Å². The predicted octanol–water partition coefficient (Wildman–Crippen LogP) is 3.40. The van der Waals surface area contributed by atoms with Gasteiger partial charge in [0.2, 0.25) is 0 Å². The number of aliphatic imine (C=N–C) groups is 1. The summed E-state index contributed by atoms with van der Waals surface area (Å²) in [4.78, 5) is 16.7. The number of allylic oxidation sites excluding steroid dienone is 1. The lowest BCUT2D eigenvalue weighted by atomic mass is 10.0. The molecule has 1 atom stereocenters. The smallest absolute Gasteiger partial charge is 0.337 e. The Kier molecular flexibility index (Phi) is 4.42. The highest BCUT2D eigenvalue weighted by Crippen LogP contribution is 2.41. The van der Waals surface area contributed by atoms with Crippen molar-refractivity contribution in [3.63, 3.8) is 0 Å². The zero-order valence-corrected chi connectivity index (χ0v) is 13.5. The lowest BCUT2D eigenvalue weighted by molar-refractivity contribution is -0.150. The summed E-state index contributed by atoms with van der Waals surface area (Å²) in [6.07, 6.45) is 0. The van der Waals surface area contributed by atoms with Gasteiger partial charge in [0.15, 0.2) is 5.17 Å². The first-order chi connectivity index (χ1) is 9.78. The molecule has 0 saturated carbocycles. The highest BCUT2D eigenvalue weighted by molar-refractivity contribution is 8.14. The molecule has 1 aromatic carbocycles. The molecule has 0 bridgehead atoms. The molecule has 0 unspecified atom stereocenters. The van der Waals surface area contributed by atoms with E-state index in [-0.39, 0.29) is 11.2 Å². The maximum Gasteiger partial charge on any atom is 0.337 e. The van der Waals surface area contributed by atoms with Crippen LogP contribution in [0.4, 0.5) is 0 Å². The Morgan fingerprint density at radius 2 is 1.90 bits per heavy atom. The normalized spacial score (nSPS) is 19.2. The number of carbonyl (C=O) groups is 1. The second kappa shape index (κ2) is 5.93. The SMILES string of the molecule is CC1=C(C(=O)OC(C)(C)C)[C@@H](c2ccccc2)SC(N)=N1. The van der Waals surface area contributed by atoms with Crippen LogP contribution in [0.1, 0.15) is 38.5 Å². The van der Waals surface area contributed by atoms with Crippen molar-refractivity contribution in [2.75, 3.05) is 0 Å². The fourth-order valence-corrected chi connectivity index (χ4v) is 3.18. The van der Waals surface area contributed by atoms with Crippen LogP contribution in [-0.4, -0.2) is 16.7 Å². The number of ether oxygens (including phenoxy) is 1. The Bertz CT molecular complexity index is 600. The van der Waals surface area contributed by atoms with Crippen molar-refractivity contribution in [2.45, 2.75) is 38.5 Å². The van der Waals surface area contributed by atoms with Crippen LogP contribution in [0.3, 0.4) is 0 Å². The second-order valence-corrected chi connectivity index (χ2v) is 6.98. The zero-order valence-electron chi connectivity index (χ0n) is 12.7. The van der Waals surface area contributed by atoms with E-state index >= 15 is 0 Å². The third-order valence-electron chi connectivity index (χ3n) is 2.89. The number of nitrogens with zero attached hydrogens (tertiary/aromatic N) is 1. The number of nitrogens with two attached hydrogens (primary N) is 1. The summed E-state index contributed by atoms with van der Waals surface area (Å²) in [5.41, 5.74) is 7.53. The molecule has 0 saturated heterocycles. The van der Waals surface area contributed by atoms with Gasteiger partial charge in [-0.1, -0.05) is 42.1 Å². The second-order valence-electron chi connectivity index (χ2n) is 5.86. The standard InChI is InChI=1S/C16H20N2O2S/c1-10-12(14(19)20-16(2,3)4)13(21-15(17)18-10)11-8-6-5-7-9-11/h5-9,13H,1-4H3,(H2,17,18)/t13-/m1/s1. The minimum absolute atomic E-state index is 0.182. The molecule has 1 aliphatic rings. The van der Waals surface area contributed by atoms with Gasteiger partial charge in [0.1, 0.15) is 5.60 Å². The van der Waals surface area contributed by atoms with Gasteiger partial charge in [-0.2, -0.15) is 0 Å². The van der Waals surface area contributed by atoms with Gasteiger partial charge in [0, 0.05) is 0 Å². The van der Waals surface area contributed by atoms with E-state index < -0.39 is 5.60 Å². The fraction of sp³-hybridized carbons (Fsp3) is 0.375. The first-order valence-electron chi connectivity index (χ1n) is 6.78. The molecule has 0 radical (unpaired) electrons. The molecule has 0 aromatic heterocycles. The molecule has 112 valence electrons. The molecule has 1 aliphatic heterocycles. The van der Waals surface area contributed by atoms with Crippen LogP contribution in [0.15, 0.2) is 46.6 Å². The molecular formula is C16H20N2O2S. The summed E-state index contributed by atoms with van der Waals surface area (Å²) >= 11 is 1.37. The maximum absolute atomic E-state index is 12.5. The summed E-state index contributed by atoms with van der Waals surface area (Å²) < 4.78 is 5.51. The van der Waals surface area contributed by atoms with Gasteiger partial charge in [-0.25, -0.2) is 9.79 Å². The first-order valence-corrected chi connectivity index (χ1v) is 7.66. The van der Waals surface area contributed by atoms with Crippen molar-refractivity contribution in [1.29, 1.82) is 0 Å². The zero-order chi connectivity index (χ0) is 15.6. The third kappa shape index (κ3) is 3.88. The minimum atomic E-state index is -0.539. The highest BCUT2D eigenvalue weighted by Gasteiger charge is 2.32. The Morgan fingerprint density at radius 3 is 2.48 bits per heavy atom. The average molecular weight is 304 g/mol. The van der Waals surface area contributed by atoms with Gasteiger partial charge in [-0.15, -0.1) is 0 Å². The number of thioether (sulfide) groups is 1.